The molecule has 0 unspecified atom stereocenters. The van der Waals surface area contributed by atoms with Gasteiger partial charge in [0.1, 0.15) is 23.0 Å². The van der Waals surface area contributed by atoms with Crippen LogP contribution in [-0.4, -0.2) is 94.0 Å². The van der Waals surface area contributed by atoms with Gasteiger partial charge in [-0.15, -0.1) is 0 Å². The van der Waals surface area contributed by atoms with Crippen LogP contribution in [-0.2, 0) is 52.4 Å². The molecule has 0 spiro atoms. The van der Waals surface area contributed by atoms with E-state index in [-0.39, 0.29) is 77.2 Å². The summed E-state index contributed by atoms with van der Waals surface area (Å²) < 4.78 is 7.76. The van der Waals surface area contributed by atoms with E-state index in [1.54, 1.807) is 24.3 Å². The maximum atomic E-state index is 9.31. The molecule has 0 heterocycles. The van der Waals surface area contributed by atoms with Crippen LogP contribution in [0.15, 0.2) is 117 Å². The summed E-state index contributed by atoms with van der Waals surface area (Å²) in [6.45, 7) is 0. The molecule has 4 aromatic rings. The van der Waals surface area contributed by atoms with E-state index in [1.165, 1.54) is 47.8 Å². The standard InChI is InChI=1S/4C8H11NOS.2ClH.2Zr/c4*1-9(2)11-8-6-4-3-5-7(8)10;;;;/h4*3-6,10H,1-2H3;2*1H;;/p-2. The van der Waals surface area contributed by atoms with E-state index in [0.29, 0.717) is 23.0 Å². The first-order valence-corrected chi connectivity index (χ1v) is 16.4. The molecule has 16 heteroatoms. The van der Waals surface area contributed by atoms with Crippen LogP contribution in [0.1, 0.15) is 0 Å². The first kappa shape index (κ1) is 54.4. The van der Waals surface area contributed by atoms with Crippen molar-refractivity contribution in [1.82, 2.24) is 17.2 Å². The Morgan fingerprint density at radius 1 is 0.333 bits per heavy atom. The van der Waals surface area contributed by atoms with Crippen molar-refractivity contribution in [3.63, 3.8) is 0 Å². The molecule has 0 aliphatic rings. The summed E-state index contributed by atoms with van der Waals surface area (Å²) in [5.74, 6) is 1.36. The van der Waals surface area contributed by atoms with Crippen molar-refractivity contribution in [2.45, 2.75) is 19.6 Å². The molecule has 0 radical (unpaired) electrons. The number of hydrogen-bond donors (Lipinski definition) is 4. The third-order valence-corrected chi connectivity index (χ3v) is 8.21. The van der Waals surface area contributed by atoms with Gasteiger partial charge in [0.05, 0.1) is 19.6 Å². The predicted molar refractivity (Wildman–Crippen MR) is 191 cm³/mol. The molecule has 0 fully saturated rings. The zero-order chi connectivity index (χ0) is 33.1. The topological polar surface area (TPSA) is 93.9 Å². The summed E-state index contributed by atoms with van der Waals surface area (Å²) in [7, 11) is 15.5. The molecule has 8 nitrogen and oxygen atoms in total. The minimum Gasteiger partial charge on any atom is -1.00 e. The van der Waals surface area contributed by atoms with Crippen molar-refractivity contribution in [2.75, 3.05) is 56.4 Å². The average Bonchev–Trinajstić information content (AvgIpc) is 2.94. The molecule has 4 rings (SSSR count). The number of hydrogen-bond acceptors (Lipinski definition) is 12. The van der Waals surface area contributed by atoms with Crippen molar-refractivity contribution in [1.29, 1.82) is 0 Å². The van der Waals surface area contributed by atoms with Crippen molar-refractivity contribution >= 4 is 47.8 Å². The van der Waals surface area contributed by atoms with Gasteiger partial charge in [0.2, 0.25) is 0 Å². The predicted octanol–water partition coefficient (Wildman–Crippen LogP) is 1.85. The van der Waals surface area contributed by atoms with Crippen LogP contribution in [0.4, 0.5) is 0 Å². The van der Waals surface area contributed by atoms with Gasteiger partial charge < -0.3 is 45.2 Å². The molecule has 0 aromatic heterocycles. The van der Waals surface area contributed by atoms with Crippen LogP contribution in [0.5, 0.6) is 23.0 Å². The second-order valence-corrected chi connectivity index (χ2v) is 14.9. The Morgan fingerprint density at radius 3 is 0.604 bits per heavy atom. The minimum absolute atomic E-state index is 0. The largest absolute Gasteiger partial charge is 1.00 e. The molecule has 0 aliphatic carbocycles. The number of benzene rings is 4. The second kappa shape index (κ2) is 31.4. The zero-order valence-corrected chi connectivity index (χ0v) is 37.9. The normalized spacial score (nSPS) is 9.58. The Kier molecular flexibility index (Phi) is 35.6. The average molecular weight is 930 g/mol. The van der Waals surface area contributed by atoms with E-state index in [0.717, 1.165) is 19.6 Å². The van der Waals surface area contributed by atoms with Gasteiger partial charge in [-0.25, -0.2) is 0 Å². The van der Waals surface area contributed by atoms with Crippen molar-refractivity contribution in [3.05, 3.63) is 97.1 Å². The van der Waals surface area contributed by atoms with E-state index in [2.05, 4.69) is 0 Å². The molecule has 0 aliphatic heterocycles. The Bertz CT molecular complexity index is 1180. The summed E-state index contributed by atoms with van der Waals surface area (Å²) in [5, 5.41) is 37.2. The zero-order valence-electron chi connectivity index (χ0n) is 28.2. The SMILES string of the molecule is CN(C)Sc1ccccc1O.CN(C)Sc1ccccc1O.CN(C)Sc1ccccc1O.CN(C)Sc1ccccc1O.[Cl-].[Cl-].[Zr].[Zr]. The molecule has 0 atom stereocenters. The van der Waals surface area contributed by atoms with Gasteiger partial charge in [0, 0.05) is 52.4 Å². The maximum absolute atomic E-state index is 9.31. The first-order chi connectivity index (χ1) is 20.8. The van der Waals surface area contributed by atoms with Gasteiger partial charge in [0.25, 0.3) is 0 Å². The van der Waals surface area contributed by atoms with Crippen LogP contribution < -0.4 is 24.8 Å². The van der Waals surface area contributed by atoms with Gasteiger partial charge in [0.15, 0.2) is 0 Å². The molecular formula is C32H44Cl2N4O4S4Zr2-2. The number of phenols is 4. The van der Waals surface area contributed by atoms with Crippen LogP contribution in [0.2, 0.25) is 0 Å². The van der Waals surface area contributed by atoms with Crippen LogP contribution >= 0.6 is 47.8 Å². The number of rotatable bonds is 8. The van der Waals surface area contributed by atoms with E-state index >= 15 is 0 Å². The van der Waals surface area contributed by atoms with Crippen LogP contribution in [0, 0.1) is 0 Å². The second-order valence-electron chi connectivity index (χ2n) is 9.49. The molecule has 0 saturated carbocycles. The molecule has 0 amide bonds. The third kappa shape index (κ3) is 25.6. The fourth-order valence-corrected chi connectivity index (χ4v) is 5.70. The van der Waals surface area contributed by atoms with Crippen molar-refractivity contribution in [3.8, 4) is 23.0 Å². The number of halogens is 2. The Labute approximate surface area is 355 Å². The maximum Gasteiger partial charge on any atom is 0.130 e. The van der Waals surface area contributed by atoms with Crippen molar-refractivity contribution < 1.29 is 97.6 Å². The van der Waals surface area contributed by atoms with Gasteiger partial charge >= 0.3 is 0 Å². The van der Waals surface area contributed by atoms with Gasteiger partial charge in [-0.2, -0.15) is 0 Å². The molecule has 4 N–H and O–H groups in total. The minimum atomic E-state index is 0. The van der Waals surface area contributed by atoms with E-state index in [4.69, 9.17) is 0 Å². The first-order valence-electron chi connectivity index (χ1n) is 13.3. The molecular weight excluding hydrogens is 886 g/mol. The Hall–Kier alpha value is -0.334. The van der Waals surface area contributed by atoms with E-state index in [9.17, 15) is 20.4 Å². The summed E-state index contributed by atoms with van der Waals surface area (Å²) in [6, 6.07) is 29.2. The van der Waals surface area contributed by atoms with Gasteiger partial charge in [-0.05, 0) is 153 Å². The summed E-state index contributed by atoms with van der Waals surface area (Å²) in [5.41, 5.74) is 0. The van der Waals surface area contributed by atoms with Gasteiger partial charge in [-0.1, -0.05) is 48.5 Å². The fourth-order valence-electron chi connectivity index (χ4n) is 2.92. The van der Waals surface area contributed by atoms with Crippen LogP contribution in [0.25, 0.3) is 0 Å². The van der Waals surface area contributed by atoms with Crippen molar-refractivity contribution in [2.24, 2.45) is 0 Å². The monoisotopic (exact) mass is 926 g/mol. The summed E-state index contributed by atoms with van der Waals surface area (Å²) in [6.07, 6.45) is 0. The van der Waals surface area contributed by atoms with Crippen LogP contribution in [0.3, 0.4) is 0 Å². The third-order valence-electron chi connectivity index (χ3n) is 4.58. The van der Waals surface area contributed by atoms with Gasteiger partial charge in [-0.3, -0.25) is 17.2 Å². The number of nitrogens with zero attached hydrogens (tertiary/aromatic N) is 4. The molecule has 4 aromatic carbocycles. The quantitative estimate of drug-likeness (QED) is 0.195. The molecule has 264 valence electrons. The number of aromatic hydroxyl groups is 4. The Morgan fingerprint density at radius 2 is 0.479 bits per heavy atom. The summed E-state index contributed by atoms with van der Waals surface area (Å²) in [4.78, 5) is 3.55. The van der Waals surface area contributed by atoms with E-state index in [1.807, 2.05) is 146 Å². The Balaban J connectivity index is -0.000000262. The number of para-hydroxylation sites is 4. The molecule has 48 heavy (non-hydrogen) atoms. The fraction of sp³-hybridized carbons (Fsp3) is 0.250. The number of phenolic OH excluding ortho intramolecular Hbond substituents is 4. The molecule has 0 saturated heterocycles. The smallest absolute Gasteiger partial charge is 0.130 e. The molecule has 0 bridgehead atoms. The summed E-state index contributed by atoms with van der Waals surface area (Å²) >= 11 is 6.03. The van der Waals surface area contributed by atoms with E-state index < -0.39 is 0 Å².